The first-order valence-electron chi connectivity index (χ1n) is 14.0. The minimum absolute atomic E-state index is 0.151. The second-order valence-electron chi connectivity index (χ2n) is 10.9. The molecule has 5 aromatic rings. The van der Waals surface area contributed by atoms with E-state index in [1.54, 1.807) is 0 Å². The van der Waals surface area contributed by atoms with E-state index in [9.17, 15) is 23.4 Å². The third kappa shape index (κ3) is 6.25. The Labute approximate surface area is 254 Å². The Morgan fingerprint density at radius 3 is 2.41 bits per heavy atom. The van der Waals surface area contributed by atoms with E-state index in [1.165, 1.54) is 12.5 Å². The lowest BCUT2D eigenvalue weighted by atomic mass is 10.0. The quantitative estimate of drug-likeness (QED) is 0.173. The van der Waals surface area contributed by atoms with Gasteiger partial charge in [0.25, 0.3) is 0 Å². The summed E-state index contributed by atoms with van der Waals surface area (Å²) in [7, 11) is -4.21. The van der Waals surface area contributed by atoms with E-state index >= 15 is 0 Å². The molecule has 0 saturated heterocycles. The van der Waals surface area contributed by atoms with Gasteiger partial charge < -0.3 is 20.1 Å². The van der Waals surface area contributed by atoms with E-state index in [0.717, 1.165) is 27.6 Å². The summed E-state index contributed by atoms with van der Waals surface area (Å²) in [5, 5.41) is 29.8. The highest BCUT2D eigenvalue weighted by atomic mass is 32.2. The predicted molar refractivity (Wildman–Crippen MR) is 165 cm³/mol. The Hall–Kier alpha value is -4.46. The summed E-state index contributed by atoms with van der Waals surface area (Å²) in [5.41, 5.74) is 4.87. The number of rotatable bonds is 10. The Morgan fingerprint density at radius 2 is 1.66 bits per heavy atom. The van der Waals surface area contributed by atoms with Gasteiger partial charge in [-0.05, 0) is 29.2 Å². The van der Waals surface area contributed by atoms with Crippen LogP contribution in [-0.2, 0) is 21.0 Å². The van der Waals surface area contributed by atoms with Crippen molar-refractivity contribution in [3.8, 4) is 11.1 Å². The number of aromatic nitrogens is 3. The Kier molecular flexibility index (Phi) is 8.25. The largest absolute Gasteiger partial charge is 0.390 e. The summed E-state index contributed by atoms with van der Waals surface area (Å²) in [4.78, 5) is 22.3. The van der Waals surface area contributed by atoms with E-state index in [2.05, 4.69) is 55.9 Å². The van der Waals surface area contributed by atoms with Crippen molar-refractivity contribution >= 4 is 32.8 Å². The Balaban J connectivity index is 1.25. The number of carbonyl (C=O) groups excluding carboxylic acids is 1. The molecule has 1 aliphatic rings. The molecule has 11 nitrogen and oxygen atoms in total. The molecule has 226 valence electrons. The molecule has 2 aromatic heterocycles. The second-order valence-corrected chi connectivity index (χ2v) is 12.1. The molecule has 0 aliphatic heterocycles. The highest BCUT2D eigenvalue weighted by molar-refractivity contribution is 7.84. The summed E-state index contributed by atoms with van der Waals surface area (Å²) in [6, 6.07) is 25.4. The summed E-state index contributed by atoms with van der Waals surface area (Å²) < 4.78 is 29.1. The highest BCUT2D eigenvalue weighted by Gasteiger charge is 2.42. The van der Waals surface area contributed by atoms with Crippen molar-refractivity contribution in [1.29, 1.82) is 0 Å². The zero-order valence-electron chi connectivity index (χ0n) is 23.5. The van der Waals surface area contributed by atoms with Crippen molar-refractivity contribution in [1.82, 2.24) is 14.5 Å². The van der Waals surface area contributed by atoms with Gasteiger partial charge in [-0.1, -0.05) is 72.8 Å². The fourth-order valence-corrected chi connectivity index (χ4v) is 6.10. The van der Waals surface area contributed by atoms with Gasteiger partial charge in [-0.3, -0.25) is 8.98 Å². The van der Waals surface area contributed by atoms with Crippen LogP contribution in [0.5, 0.6) is 0 Å². The summed E-state index contributed by atoms with van der Waals surface area (Å²) in [6.07, 6.45) is 2.13. The number of fused-ring (bicyclic) bond motifs is 1. The summed E-state index contributed by atoms with van der Waals surface area (Å²) in [6.45, 7) is 0.159. The molecule has 4 atom stereocenters. The minimum Gasteiger partial charge on any atom is -0.390 e. The van der Waals surface area contributed by atoms with Gasteiger partial charge in [0, 0.05) is 41.3 Å². The molecular formula is C32H31N5O6S. The topological polar surface area (TPSA) is 170 Å². The standard InChI is InChI=1S/C32H31N5O6S/c33-44(41,42)43-18-23-14-27(31(40)29(23)38)36-32-25(15-34-19-35-32)30(39)26-17-37(28-9-5-4-8-24(26)28)16-20-10-12-22(13-11-20)21-6-2-1-3-7-21/h1-13,15,17,19,23,27,29,31,38,40H,14,16,18H2,(H2,33,41,42)(H,34,35,36)/t23-,27-,29-,31+/m1/s1. The molecule has 12 heteroatoms. The van der Waals surface area contributed by atoms with Crippen LogP contribution in [0.15, 0.2) is 97.6 Å². The lowest BCUT2D eigenvalue weighted by Crippen LogP contribution is -2.36. The lowest BCUT2D eigenvalue weighted by molar-refractivity contribution is 0.00778. The zero-order valence-corrected chi connectivity index (χ0v) is 24.3. The van der Waals surface area contributed by atoms with Crippen LogP contribution in [-0.4, -0.2) is 63.8 Å². The molecule has 0 bridgehead atoms. The highest BCUT2D eigenvalue weighted by Crippen LogP contribution is 2.32. The van der Waals surface area contributed by atoms with Crippen molar-refractivity contribution in [2.24, 2.45) is 11.1 Å². The molecule has 0 spiro atoms. The van der Waals surface area contributed by atoms with Crippen LogP contribution in [0.1, 0.15) is 27.9 Å². The maximum atomic E-state index is 14.0. The monoisotopic (exact) mass is 613 g/mol. The number of nitrogens with zero attached hydrogens (tertiary/aromatic N) is 3. The van der Waals surface area contributed by atoms with Gasteiger partial charge in [-0.25, -0.2) is 15.1 Å². The van der Waals surface area contributed by atoms with Gasteiger partial charge in [0.2, 0.25) is 0 Å². The van der Waals surface area contributed by atoms with Gasteiger partial charge in [-0.2, -0.15) is 8.42 Å². The van der Waals surface area contributed by atoms with Gasteiger partial charge in [0.05, 0.1) is 24.3 Å². The van der Waals surface area contributed by atoms with Crippen molar-refractivity contribution < 1.29 is 27.6 Å². The fraction of sp³-hybridized carbons (Fsp3) is 0.219. The van der Waals surface area contributed by atoms with Crippen molar-refractivity contribution in [3.05, 3.63) is 114 Å². The van der Waals surface area contributed by atoms with Crippen LogP contribution >= 0.6 is 0 Å². The molecule has 0 unspecified atom stereocenters. The predicted octanol–water partition coefficient (Wildman–Crippen LogP) is 3.12. The van der Waals surface area contributed by atoms with Crippen molar-refractivity contribution in [2.75, 3.05) is 11.9 Å². The summed E-state index contributed by atoms with van der Waals surface area (Å²) in [5.74, 6) is -0.839. The fourth-order valence-electron chi connectivity index (χ4n) is 5.73. The molecule has 44 heavy (non-hydrogen) atoms. The first-order valence-corrected chi connectivity index (χ1v) is 15.5. The number of hydrogen-bond acceptors (Lipinski definition) is 9. The summed E-state index contributed by atoms with van der Waals surface area (Å²) >= 11 is 0. The van der Waals surface area contributed by atoms with E-state index in [0.29, 0.717) is 12.1 Å². The number of benzene rings is 3. The van der Waals surface area contributed by atoms with Crippen LogP contribution < -0.4 is 10.5 Å². The van der Waals surface area contributed by atoms with Crippen LogP contribution in [0.2, 0.25) is 0 Å². The Morgan fingerprint density at radius 1 is 0.955 bits per heavy atom. The lowest BCUT2D eigenvalue weighted by Gasteiger charge is -2.19. The second kappa shape index (κ2) is 12.3. The van der Waals surface area contributed by atoms with Gasteiger partial charge in [0.1, 0.15) is 18.2 Å². The van der Waals surface area contributed by atoms with E-state index in [-0.39, 0.29) is 30.2 Å². The molecule has 0 amide bonds. The number of aliphatic hydroxyl groups excluding tert-OH is 2. The minimum atomic E-state index is -4.21. The van der Waals surface area contributed by atoms with Crippen LogP contribution in [0, 0.1) is 5.92 Å². The number of ketones is 1. The zero-order chi connectivity index (χ0) is 30.8. The third-order valence-corrected chi connectivity index (χ3v) is 8.44. The molecule has 3 aromatic carbocycles. The molecule has 6 rings (SSSR count). The van der Waals surface area contributed by atoms with Crippen LogP contribution in [0.4, 0.5) is 5.82 Å². The molecule has 1 saturated carbocycles. The van der Waals surface area contributed by atoms with Crippen LogP contribution in [0.25, 0.3) is 22.0 Å². The number of hydrogen-bond donors (Lipinski definition) is 4. The molecule has 2 heterocycles. The van der Waals surface area contributed by atoms with Crippen LogP contribution in [0.3, 0.4) is 0 Å². The van der Waals surface area contributed by atoms with Gasteiger partial charge in [0.15, 0.2) is 5.78 Å². The first kappa shape index (κ1) is 29.6. The maximum absolute atomic E-state index is 14.0. The molecule has 1 aliphatic carbocycles. The first-order chi connectivity index (χ1) is 21.2. The molecular weight excluding hydrogens is 582 g/mol. The molecule has 1 fully saturated rings. The Bertz CT molecular complexity index is 1900. The maximum Gasteiger partial charge on any atom is 0.333 e. The average molecular weight is 614 g/mol. The van der Waals surface area contributed by atoms with E-state index in [4.69, 9.17) is 5.14 Å². The average Bonchev–Trinajstić information content (AvgIpc) is 3.53. The number of nitrogens with two attached hydrogens (primary N) is 1. The number of nitrogens with one attached hydrogen (secondary N) is 1. The van der Waals surface area contributed by atoms with E-state index < -0.39 is 34.5 Å². The molecule has 0 radical (unpaired) electrons. The SMILES string of the molecule is NS(=O)(=O)OC[C@H]1C[C@@H](Nc2ncncc2C(=O)c2cn(Cc3ccc(-c4ccccc4)cc3)c3ccccc23)[C@H](O)[C@@H]1O. The molecule has 5 N–H and O–H groups in total. The normalized spacial score (nSPS) is 20.2. The van der Waals surface area contributed by atoms with Crippen molar-refractivity contribution in [2.45, 2.75) is 31.2 Å². The number of anilines is 1. The third-order valence-electron chi connectivity index (χ3n) is 7.97. The van der Waals surface area contributed by atoms with Gasteiger partial charge in [-0.15, -0.1) is 0 Å². The van der Waals surface area contributed by atoms with Crippen molar-refractivity contribution in [3.63, 3.8) is 0 Å². The number of carbonyl (C=O) groups is 1. The smallest absolute Gasteiger partial charge is 0.333 e. The van der Waals surface area contributed by atoms with Gasteiger partial charge >= 0.3 is 10.3 Å². The van der Waals surface area contributed by atoms with E-state index in [1.807, 2.05) is 53.2 Å². The number of para-hydroxylation sites is 1. The number of aliphatic hydroxyl groups is 2.